The summed E-state index contributed by atoms with van der Waals surface area (Å²) in [6, 6.07) is 0. The summed E-state index contributed by atoms with van der Waals surface area (Å²) in [7, 11) is 0. The zero-order valence-corrected chi connectivity index (χ0v) is 5.73. The maximum Gasteiger partial charge on any atom is 0.169 e. The van der Waals surface area contributed by atoms with E-state index in [1.807, 2.05) is 0 Å². The van der Waals surface area contributed by atoms with Crippen molar-refractivity contribution in [3.8, 4) is 0 Å². The van der Waals surface area contributed by atoms with Crippen molar-refractivity contribution < 1.29 is 4.74 Å². The second-order valence-electron chi connectivity index (χ2n) is 1.28. The lowest BCUT2D eigenvalue weighted by Crippen LogP contribution is -2.18. The van der Waals surface area contributed by atoms with Crippen molar-refractivity contribution in [3.05, 3.63) is 0 Å². The number of ether oxygens (including phenoxy) is 1. The molecule has 0 fully saturated rings. The minimum atomic E-state index is 0.000000000000000222. The van der Waals surface area contributed by atoms with Crippen LogP contribution in [0.5, 0.6) is 0 Å². The molecule has 0 aliphatic carbocycles. The smallest absolute Gasteiger partial charge is 0.169 e. The maximum atomic E-state index is 4.65. The molecule has 0 saturated carbocycles. The van der Waals surface area contributed by atoms with Crippen molar-refractivity contribution in [1.82, 2.24) is 0 Å². The van der Waals surface area contributed by atoms with E-state index >= 15 is 0 Å². The number of hydrogen-bond acceptors (Lipinski definition) is 3. The monoisotopic (exact) mass is 147 g/mol. The number of aliphatic imine (C=N–C) groups is 1. The van der Waals surface area contributed by atoms with Crippen molar-refractivity contribution in [2.75, 3.05) is 13.2 Å². The standard InChI is InChI=1S/C3H5NO.CH4N2S/c1-2-5-3-4-1;2-1(3)4/h3H,1-2H2;(H4,2,3,4). The first-order valence-electron chi connectivity index (χ1n) is 2.38. The van der Waals surface area contributed by atoms with E-state index in [0.29, 0.717) is 0 Å². The third-order valence-electron chi connectivity index (χ3n) is 0.487. The third-order valence-corrected chi connectivity index (χ3v) is 0.487. The normalized spacial score (nSPS) is 13.3. The molecule has 0 radical (unpaired) electrons. The summed E-state index contributed by atoms with van der Waals surface area (Å²) in [5, 5.41) is 0.000000000000000222. The molecule has 0 atom stereocenters. The minimum Gasteiger partial charge on any atom is -0.482 e. The highest BCUT2D eigenvalue weighted by Crippen LogP contribution is 1.78. The Hall–Kier alpha value is -0.840. The Balaban J connectivity index is 0.000000148. The maximum absolute atomic E-state index is 4.65. The fraction of sp³-hybridized carbons (Fsp3) is 0.500. The number of nitrogens with two attached hydrogens (primary N) is 2. The van der Waals surface area contributed by atoms with Crippen LogP contribution in [0.15, 0.2) is 4.99 Å². The summed E-state index contributed by atoms with van der Waals surface area (Å²) in [5.74, 6) is 0. The van der Waals surface area contributed by atoms with E-state index in [9.17, 15) is 0 Å². The van der Waals surface area contributed by atoms with Gasteiger partial charge in [0.05, 0.1) is 6.54 Å². The summed E-state index contributed by atoms with van der Waals surface area (Å²) in [6.07, 6.45) is 1.49. The first-order valence-corrected chi connectivity index (χ1v) is 2.79. The van der Waals surface area contributed by atoms with Crippen LogP contribution in [-0.2, 0) is 4.74 Å². The molecule has 4 nitrogen and oxygen atoms in total. The Morgan fingerprint density at radius 1 is 1.67 bits per heavy atom. The van der Waals surface area contributed by atoms with Crippen molar-refractivity contribution in [1.29, 1.82) is 0 Å². The quantitative estimate of drug-likeness (QED) is 0.441. The first kappa shape index (κ1) is 8.16. The van der Waals surface area contributed by atoms with Crippen LogP contribution < -0.4 is 11.5 Å². The molecule has 0 aromatic carbocycles. The average Bonchev–Trinajstić information content (AvgIpc) is 2.11. The van der Waals surface area contributed by atoms with Gasteiger partial charge in [0, 0.05) is 0 Å². The van der Waals surface area contributed by atoms with E-state index in [1.165, 1.54) is 6.40 Å². The Morgan fingerprint density at radius 3 is 2.33 bits per heavy atom. The molecule has 0 spiro atoms. The highest BCUT2D eigenvalue weighted by molar-refractivity contribution is 7.80. The van der Waals surface area contributed by atoms with Gasteiger partial charge < -0.3 is 16.2 Å². The van der Waals surface area contributed by atoms with Gasteiger partial charge >= 0.3 is 0 Å². The van der Waals surface area contributed by atoms with Crippen LogP contribution in [0, 0.1) is 0 Å². The molecule has 1 heterocycles. The molecule has 4 N–H and O–H groups in total. The van der Waals surface area contributed by atoms with Crippen LogP contribution in [0.2, 0.25) is 0 Å². The predicted molar refractivity (Wildman–Crippen MR) is 40.3 cm³/mol. The molecule has 1 aliphatic heterocycles. The van der Waals surface area contributed by atoms with Crippen LogP contribution in [0.25, 0.3) is 0 Å². The number of rotatable bonds is 0. The summed E-state index contributed by atoms with van der Waals surface area (Å²) < 4.78 is 4.65. The van der Waals surface area contributed by atoms with Crippen molar-refractivity contribution in [2.45, 2.75) is 0 Å². The molecule has 5 heteroatoms. The van der Waals surface area contributed by atoms with E-state index < -0.39 is 0 Å². The highest BCUT2D eigenvalue weighted by atomic mass is 32.1. The van der Waals surface area contributed by atoms with Gasteiger partial charge in [0.15, 0.2) is 11.5 Å². The fourth-order valence-corrected chi connectivity index (χ4v) is 0.264. The van der Waals surface area contributed by atoms with Crippen LogP contribution in [0.3, 0.4) is 0 Å². The van der Waals surface area contributed by atoms with Crippen LogP contribution in [-0.4, -0.2) is 24.7 Å². The van der Waals surface area contributed by atoms with E-state index in [0.717, 1.165) is 13.2 Å². The SMILES string of the molecule is C1=NCCO1.NC(N)=S. The fourth-order valence-electron chi connectivity index (χ4n) is 0.264. The summed E-state index contributed by atoms with van der Waals surface area (Å²) >= 11 is 4.09. The van der Waals surface area contributed by atoms with Gasteiger partial charge in [-0.3, -0.25) is 4.99 Å². The first-order chi connectivity index (χ1) is 4.23. The van der Waals surface area contributed by atoms with Gasteiger partial charge in [-0.05, 0) is 12.2 Å². The van der Waals surface area contributed by atoms with E-state index in [2.05, 4.69) is 33.4 Å². The van der Waals surface area contributed by atoms with Gasteiger partial charge in [0.25, 0.3) is 0 Å². The lowest BCUT2D eigenvalue weighted by Gasteiger charge is -1.76. The Labute approximate surface area is 58.9 Å². The molecular weight excluding hydrogens is 138 g/mol. The van der Waals surface area contributed by atoms with Crippen LogP contribution >= 0.6 is 12.2 Å². The van der Waals surface area contributed by atoms with E-state index in [-0.39, 0.29) is 5.11 Å². The summed E-state index contributed by atoms with van der Waals surface area (Å²) in [4.78, 5) is 3.74. The molecule has 0 amide bonds. The third kappa shape index (κ3) is 11.0. The Bertz CT molecular complexity index is 104. The highest BCUT2D eigenvalue weighted by Gasteiger charge is 1.84. The van der Waals surface area contributed by atoms with Crippen molar-refractivity contribution in [3.63, 3.8) is 0 Å². The number of thiocarbonyl (C=S) groups is 1. The summed E-state index contributed by atoms with van der Waals surface area (Å²) in [5.41, 5.74) is 9.24. The average molecular weight is 147 g/mol. The molecule has 0 bridgehead atoms. The van der Waals surface area contributed by atoms with Gasteiger partial charge in [0.2, 0.25) is 0 Å². The van der Waals surface area contributed by atoms with Crippen LogP contribution in [0.4, 0.5) is 0 Å². The molecule has 0 unspecified atom stereocenters. The van der Waals surface area contributed by atoms with E-state index in [4.69, 9.17) is 0 Å². The van der Waals surface area contributed by atoms with Gasteiger partial charge in [-0.2, -0.15) is 0 Å². The van der Waals surface area contributed by atoms with Crippen LogP contribution in [0.1, 0.15) is 0 Å². The molecule has 0 saturated heterocycles. The molecule has 52 valence electrons. The molecule has 0 aromatic heterocycles. The zero-order valence-electron chi connectivity index (χ0n) is 4.91. The van der Waals surface area contributed by atoms with Gasteiger partial charge in [-0.1, -0.05) is 0 Å². The summed E-state index contributed by atoms with van der Waals surface area (Å²) in [6.45, 7) is 1.62. The zero-order chi connectivity index (χ0) is 7.11. The van der Waals surface area contributed by atoms with E-state index in [1.54, 1.807) is 0 Å². The molecule has 1 rings (SSSR count). The lowest BCUT2D eigenvalue weighted by molar-refractivity contribution is 0.361. The predicted octanol–water partition coefficient (Wildman–Crippen LogP) is -0.766. The molecule has 0 aromatic rings. The number of nitrogens with zero attached hydrogens (tertiary/aromatic N) is 1. The largest absolute Gasteiger partial charge is 0.482 e. The molecular formula is C4H9N3OS. The van der Waals surface area contributed by atoms with Gasteiger partial charge in [-0.15, -0.1) is 0 Å². The van der Waals surface area contributed by atoms with Crippen molar-refractivity contribution in [2.24, 2.45) is 16.5 Å². The van der Waals surface area contributed by atoms with Crippen molar-refractivity contribution >= 4 is 23.7 Å². The molecule has 1 aliphatic rings. The topological polar surface area (TPSA) is 73.6 Å². The second kappa shape index (κ2) is 5.30. The molecule has 9 heavy (non-hydrogen) atoms. The van der Waals surface area contributed by atoms with Gasteiger partial charge in [-0.25, -0.2) is 0 Å². The Morgan fingerprint density at radius 2 is 2.22 bits per heavy atom. The number of hydrogen-bond donors (Lipinski definition) is 2. The second-order valence-corrected chi connectivity index (χ2v) is 1.76. The van der Waals surface area contributed by atoms with Gasteiger partial charge in [0.1, 0.15) is 6.61 Å². The minimum absolute atomic E-state index is 0.000000000000000222. The Kier molecular flexibility index (Phi) is 4.81. The lowest BCUT2D eigenvalue weighted by atomic mass is 10.8.